The number of nitrogens with zero attached hydrogens (tertiary/aromatic N) is 2. The Kier molecular flexibility index (Phi) is 5.39. The lowest BCUT2D eigenvalue weighted by atomic mass is 10.1. The van der Waals surface area contributed by atoms with Gasteiger partial charge < -0.3 is 0 Å². The minimum absolute atomic E-state index is 0.106. The molecule has 0 spiro atoms. The highest BCUT2D eigenvalue weighted by Crippen LogP contribution is 2.24. The first-order valence-electron chi connectivity index (χ1n) is 6.26. The molecule has 0 saturated carbocycles. The molecule has 0 aromatic rings. The van der Waals surface area contributed by atoms with E-state index in [1.54, 1.807) is 13.1 Å². The van der Waals surface area contributed by atoms with Crippen molar-refractivity contribution in [2.75, 3.05) is 7.05 Å². The number of nitrogens with one attached hydrogen (secondary N) is 1. The molecule has 1 N–H and O–H groups in total. The Hall–Kier alpha value is -1.75. The van der Waals surface area contributed by atoms with Crippen LogP contribution < -0.4 is 0 Å². The number of halogens is 1. The van der Waals surface area contributed by atoms with Gasteiger partial charge in [0.25, 0.3) is 11.8 Å². The van der Waals surface area contributed by atoms with Gasteiger partial charge in [-0.05, 0) is 18.9 Å². The predicted molar refractivity (Wildman–Crippen MR) is 80.1 cm³/mol. The Bertz CT molecular complexity index is 521. The number of hydrogen-bond acceptors (Lipinski definition) is 4. The molecule has 1 aliphatic rings. The molecule has 0 bridgehead atoms. The van der Waals surface area contributed by atoms with Gasteiger partial charge in [0.15, 0.2) is 0 Å². The minimum Gasteiger partial charge on any atom is -0.293 e. The second kappa shape index (κ2) is 6.61. The Morgan fingerprint density at radius 1 is 1.40 bits per heavy atom. The van der Waals surface area contributed by atoms with Crippen LogP contribution in [0.1, 0.15) is 27.2 Å². The zero-order valence-corrected chi connectivity index (χ0v) is 12.8. The van der Waals surface area contributed by atoms with Gasteiger partial charge in [0.2, 0.25) is 0 Å². The highest BCUT2D eigenvalue weighted by Gasteiger charge is 2.37. The summed E-state index contributed by atoms with van der Waals surface area (Å²) in [4.78, 5) is 28.5. The molecule has 2 amide bonds. The molecule has 108 valence electrons. The fourth-order valence-corrected chi connectivity index (χ4v) is 1.79. The standard InChI is InChI=1S/C14H18ClN3O2/c1-8(2)5-6-10(17-4)7-11(16)18-13(19)9(3)12(15)14(18)20/h5-6,8,16H,7H2,1-4H3/b6-5+,16-11?,17-10?. The monoisotopic (exact) mass is 295 g/mol. The van der Waals surface area contributed by atoms with Crippen molar-refractivity contribution in [3.8, 4) is 0 Å². The molecular formula is C14H18ClN3O2. The van der Waals surface area contributed by atoms with E-state index in [-0.39, 0.29) is 22.9 Å². The molecule has 0 saturated heterocycles. The van der Waals surface area contributed by atoms with Gasteiger partial charge in [-0.25, -0.2) is 4.90 Å². The molecule has 0 unspecified atom stereocenters. The van der Waals surface area contributed by atoms with Crippen LogP contribution in [0.3, 0.4) is 0 Å². The van der Waals surface area contributed by atoms with E-state index in [1.165, 1.54) is 6.92 Å². The lowest BCUT2D eigenvalue weighted by Gasteiger charge is -2.15. The van der Waals surface area contributed by atoms with Crippen molar-refractivity contribution in [2.45, 2.75) is 27.2 Å². The van der Waals surface area contributed by atoms with Crippen molar-refractivity contribution in [3.63, 3.8) is 0 Å². The van der Waals surface area contributed by atoms with E-state index in [2.05, 4.69) is 4.99 Å². The second-order valence-electron chi connectivity index (χ2n) is 4.83. The van der Waals surface area contributed by atoms with Crippen LogP contribution in [0, 0.1) is 11.3 Å². The zero-order valence-electron chi connectivity index (χ0n) is 12.0. The van der Waals surface area contributed by atoms with Gasteiger partial charge in [-0.15, -0.1) is 0 Å². The molecule has 1 rings (SSSR count). The number of rotatable bonds is 4. The van der Waals surface area contributed by atoms with E-state index in [4.69, 9.17) is 17.0 Å². The van der Waals surface area contributed by atoms with Gasteiger partial charge in [0, 0.05) is 24.8 Å². The third kappa shape index (κ3) is 3.42. The Balaban J connectivity index is 2.83. The summed E-state index contributed by atoms with van der Waals surface area (Å²) in [6, 6.07) is 0. The first-order chi connectivity index (χ1) is 9.29. The van der Waals surface area contributed by atoms with Crippen LogP contribution in [-0.2, 0) is 9.59 Å². The molecule has 5 nitrogen and oxygen atoms in total. The topological polar surface area (TPSA) is 73.6 Å². The molecule has 0 aromatic heterocycles. The zero-order chi connectivity index (χ0) is 15.4. The largest absolute Gasteiger partial charge is 0.293 e. The number of imide groups is 1. The number of allylic oxidation sites excluding steroid dienone is 2. The second-order valence-corrected chi connectivity index (χ2v) is 5.20. The van der Waals surface area contributed by atoms with Crippen molar-refractivity contribution >= 4 is 35.0 Å². The van der Waals surface area contributed by atoms with Crippen LogP contribution in [0.15, 0.2) is 27.7 Å². The van der Waals surface area contributed by atoms with Crippen LogP contribution in [0.25, 0.3) is 0 Å². The van der Waals surface area contributed by atoms with Crippen LogP contribution in [0.4, 0.5) is 0 Å². The average Bonchev–Trinajstić information content (AvgIpc) is 2.58. The molecule has 0 aromatic carbocycles. The Morgan fingerprint density at radius 2 is 2.00 bits per heavy atom. The van der Waals surface area contributed by atoms with E-state index in [0.717, 1.165) is 4.90 Å². The molecule has 0 aliphatic carbocycles. The van der Waals surface area contributed by atoms with Crippen molar-refractivity contribution in [1.29, 1.82) is 5.41 Å². The van der Waals surface area contributed by atoms with Crippen molar-refractivity contribution < 1.29 is 9.59 Å². The number of amides is 2. The maximum Gasteiger partial charge on any atom is 0.278 e. The summed E-state index contributed by atoms with van der Waals surface area (Å²) in [6.45, 7) is 5.52. The van der Waals surface area contributed by atoms with Crippen LogP contribution >= 0.6 is 11.6 Å². The van der Waals surface area contributed by atoms with Crippen molar-refractivity contribution in [2.24, 2.45) is 10.9 Å². The summed E-state index contributed by atoms with van der Waals surface area (Å²) < 4.78 is 0. The van der Waals surface area contributed by atoms with Crippen molar-refractivity contribution in [1.82, 2.24) is 4.90 Å². The van der Waals surface area contributed by atoms with E-state index >= 15 is 0 Å². The maximum absolute atomic E-state index is 11.9. The van der Waals surface area contributed by atoms with E-state index in [9.17, 15) is 9.59 Å². The molecule has 20 heavy (non-hydrogen) atoms. The summed E-state index contributed by atoms with van der Waals surface area (Å²) in [6.07, 6.45) is 3.85. The number of aliphatic imine (C=N–C) groups is 1. The Morgan fingerprint density at radius 3 is 2.40 bits per heavy atom. The fourth-order valence-electron chi connectivity index (χ4n) is 1.62. The lowest BCUT2D eigenvalue weighted by molar-refractivity contribution is -0.132. The molecule has 0 radical (unpaired) electrons. The summed E-state index contributed by atoms with van der Waals surface area (Å²) in [7, 11) is 1.61. The maximum atomic E-state index is 11.9. The summed E-state index contributed by atoms with van der Waals surface area (Å²) >= 11 is 5.75. The molecule has 0 fully saturated rings. The normalized spacial score (nSPS) is 17.1. The third-order valence-electron chi connectivity index (χ3n) is 2.82. The quantitative estimate of drug-likeness (QED) is 0.492. The first-order valence-corrected chi connectivity index (χ1v) is 6.63. The van der Waals surface area contributed by atoms with Crippen LogP contribution in [0.5, 0.6) is 0 Å². The number of amidine groups is 1. The third-order valence-corrected chi connectivity index (χ3v) is 3.27. The Labute approximate surface area is 123 Å². The number of carbonyl (C=O) groups excluding carboxylic acids is 2. The number of carbonyl (C=O) groups is 2. The van der Waals surface area contributed by atoms with Gasteiger partial charge in [-0.3, -0.25) is 20.0 Å². The van der Waals surface area contributed by atoms with Crippen molar-refractivity contribution in [3.05, 3.63) is 22.8 Å². The summed E-state index contributed by atoms with van der Waals surface area (Å²) in [5.41, 5.74) is 0.805. The summed E-state index contributed by atoms with van der Waals surface area (Å²) in [5.74, 6) is -0.936. The predicted octanol–water partition coefficient (Wildman–Crippen LogP) is 2.52. The molecule has 0 atom stereocenters. The smallest absolute Gasteiger partial charge is 0.278 e. The minimum atomic E-state index is -0.637. The van der Waals surface area contributed by atoms with E-state index < -0.39 is 11.8 Å². The van der Waals surface area contributed by atoms with E-state index in [0.29, 0.717) is 11.6 Å². The molecule has 1 aliphatic heterocycles. The van der Waals surface area contributed by atoms with Gasteiger partial charge in [-0.2, -0.15) is 0 Å². The van der Waals surface area contributed by atoms with Gasteiger partial charge in [0.1, 0.15) is 10.9 Å². The van der Waals surface area contributed by atoms with Gasteiger partial charge in [-0.1, -0.05) is 31.5 Å². The molecular weight excluding hydrogens is 278 g/mol. The highest BCUT2D eigenvalue weighted by atomic mass is 35.5. The van der Waals surface area contributed by atoms with Gasteiger partial charge >= 0.3 is 0 Å². The summed E-state index contributed by atoms with van der Waals surface area (Å²) in [5, 5.41) is 7.81. The molecule has 1 heterocycles. The fraction of sp³-hybridized carbons (Fsp3) is 0.429. The average molecular weight is 296 g/mol. The SMILES string of the molecule is CN=C(/C=C/C(C)C)CC(=N)N1C(=O)C(C)=C(Cl)C1=O. The first kappa shape index (κ1) is 16.3. The van der Waals surface area contributed by atoms with Crippen LogP contribution in [-0.4, -0.2) is 35.3 Å². The van der Waals surface area contributed by atoms with E-state index in [1.807, 2.05) is 19.9 Å². The van der Waals surface area contributed by atoms with Gasteiger partial charge in [0.05, 0.1) is 0 Å². The highest BCUT2D eigenvalue weighted by molar-refractivity contribution is 6.50. The molecule has 6 heteroatoms. The number of hydrogen-bond donors (Lipinski definition) is 1. The lowest BCUT2D eigenvalue weighted by Crippen LogP contribution is -2.37. The van der Waals surface area contributed by atoms with Crippen LogP contribution in [0.2, 0.25) is 0 Å².